The molecule has 32 heavy (non-hydrogen) atoms. The molecular weight excluding hydrogens is 406 g/mol. The zero-order valence-electron chi connectivity index (χ0n) is 19.5. The van der Waals surface area contributed by atoms with Crippen molar-refractivity contribution in [1.82, 2.24) is 14.8 Å². The van der Waals surface area contributed by atoms with Crippen LogP contribution in [0, 0.1) is 6.92 Å². The molecule has 1 aromatic carbocycles. The Morgan fingerprint density at radius 3 is 2.34 bits per heavy atom. The van der Waals surface area contributed by atoms with E-state index in [1.54, 1.807) is 11.1 Å². The van der Waals surface area contributed by atoms with Crippen LogP contribution < -0.4 is 10.6 Å². The summed E-state index contributed by atoms with van der Waals surface area (Å²) in [6.07, 6.45) is 1.37. The van der Waals surface area contributed by atoms with Crippen LogP contribution in [0.1, 0.15) is 45.0 Å². The molecule has 8 nitrogen and oxygen atoms in total. The second-order valence-electron chi connectivity index (χ2n) is 9.07. The first-order valence-corrected chi connectivity index (χ1v) is 10.9. The number of nitrogens with one attached hydrogen (secondary N) is 2. The molecule has 0 radical (unpaired) electrons. The molecule has 0 saturated carbocycles. The Kier molecular flexibility index (Phi) is 7.35. The fraction of sp³-hybridized carbons (Fsp3) is 0.458. The van der Waals surface area contributed by atoms with Crippen molar-refractivity contribution in [2.24, 2.45) is 0 Å². The number of aromatic nitrogens is 1. The van der Waals surface area contributed by atoms with Crippen molar-refractivity contribution >= 4 is 23.5 Å². The summed E-state index contributed by atoms with van der Waals surface area (Å²) in [5.41, 5.74) is 2.87. The Morgan fingerprint density at radius 2 is 1.72 bits per heavy atom. The molecule has 8 heteroatoms. The maximum absolute atomic E-state index is 12.3. The van der Waals surface area contributed by atoms with Gasteiger partial charge >= 0.3 is 12.1 Å². The third kappa shape index (κ3) is 6.68. The molecule has 1 atom stereocenters. The smallest absolute Gasteiger partial charge is 0.410 e. The number of urea groups is 1. The first kappa shape index (κ1) is 23.5. The lowest BCUT2D eigenvalue weighted by Crippen LogP contribution is -2.50. The fourth-order valence-corrected chi connectivity index (χ4v) is 3.54. The summed E-state index contributed by atoms with van der Waals surface area (Å²) in [6, 6.07) is 11.3. The summed E-state index contributed by atoms with van der Waals surface area (Å²) in [4.78, 5) is 32.9. The molecule has 1 saturated heterocycles. The maximum Gasteiger partial charge on any atom is 0.410 e. The average Bonchev–Trinajstić information content (AvgIpc) is 2.74. The van der Waals surface area contributed by atoms with E-state index in [1.807, 2.05) is 58.0 Å². The molecule has 172 valence electrons. The summed E-state index contributed by atoms with van der Waals surface area (Å²) < 4.78 is 5.48. The van der Waals surface area contributed by atoms with Crippen molar-refractivity contribution in [3.8, 4) is 0 Å². The van der Waals surface area contributed by atoms with E-state index < -0.39 is 5.60 Å². The van der Waals surface area contributed by atoms with Crippen LogP contribution in [0.3, 0.4) is 0 Å². The van der Waals surface area contributed by atoms with E-state index >= 15 is 0 Å². The zero-order valence-corrected chi connectivity index (χ0v) is 19.5. The van der Waals surface area contributed by atoms with Gasteiger partial charge in [-0.05, 0) is 64.4 Å². The van der Waals surface area contributed by atoms with Gasteiger partial charge in [0.05, 0.1) is 11.9 Å². The van der Waals surface area contributed by atoms with Gasteiger partial charge in [0.1, 0.15) is 5.60 Å². The number of hydrogen-bond donors (Lipinski definition) is 2. The summed E-state index contributed by atoms with van der Waals surface area (Å²) in [6.45, 7) is 12.5. The van der Waals surface area contributed by atoms with Crippen molar-refractivity contribution in [3.05, 3.63) is 53.9 Å². The monoisotopic (exact) mass is 439 g/mol. The van der Waals surface area contributed by atoms with Crippen molar-refractivity contribution in [1.29, 1.82) is 0 Å². The minimum Gasteiger partial charge on any atom is -0.444 e. The number of rotatable bonds is 4. The standard InChI is InChI=1S/C24H33N5O3/c1-17-9-10-21(16-25-17)27-22(30)26-20-8-6-7-19(15-20)18(2)28-11-13-29(14-12-28)23(31)32-24(3,4)5/h6-10,15-16,18H,11-14H2,1-5H3,(H2,26,27,30). The van der Waals surface area contributed by atoms with Gasteiger partial charge in [-0.1, -0.05) is 12.1 Å². The molecule has 2 aromatic rings. The van der Waals surface area contributed by atoms with Gasteiger partial charge in [0.2, 0.25) is 0 Å². The second-order valence-corrected chi connectivity index (χ2v) is 9.07. The van der Waals surface area contributed by atoms with E-state index in [1.165, 1.54) is 0 Å². The van der Waals surface area contributed by atoms with Crippen LogP contribution in [0.25, 0.3) is 0 Å². The molecule has 1 fully saturated rings. The quantitative estimate of drug-likeness (QED) is 0.724. The largest absolute Gasteiger partial charge is 0.444 e. The summed E-state index contributed by atoms with van der Waals surface area (Å²) in [7, 11) is 0. The highest BCUT2D eigenvalue weighted by atomic mass is 16.6. The Morgan fingerprint density at radius 1 is 1.03 bits per heavy atom. The highest BCUT2D eigenvalue weighted by Gasteiger charge is 2.28. The lowest BCUT2D eigenvalue weighted by Gasteiger charge is -2.38. The molecule has 1 aromatic heterocycles. The lowest BCUT2D eigenvalue weighted by molar-refractivity contribution is 0.0110. The van der Waals surface area contributed by atoms with Gasteiger partial charge in [-0.2, -0.15) is 0 Å². The number of carbonyl (C=O) groups is 2. The molecule has 2 N–H and O–H groups in total. The van der Waals surface area contributed by atoms with Gasteiger partial charge in [0.15, 0.2) is 0 Å². The van der Waals surface area contributed by atoms with Crippen LogP contribution in [0.4, 0.5) is 21.0 Å². The van der Waals surface area contributed by atoms with Crippen molar-refractivity contribution in [2.75, 3.05) is 36.8 Å². The third-order valence-corrected chi connectivity index (χ3v) is 5.31. The van der Waals surface area contributed by atoms with Gasteiger partial charge in [0, 0.05) is 43.6 Å². The number of amides is 3. The zero-order chi connectivity index (χ0) is 23.3. The molecule has 0 spiro atoms. The second kappa shape index (κ2) is 9.99. The molecule has 1 aliphatic rings. The lowest BCUT2D eigenvalue weighted by atomic mass is 10.1. The van der Waals surface area contributed by atoms with Gasteiger partial charge in [-0.25, -0.2) is 9.59 Å². The minimum atomic E-state index is -0.489. The topological polar surface area (TPSA) is 86.8 Å². The van der Waals surface area contributed by atoms with Crippen molar-refractivity contribution in [3.63, 3.8) is 0 Å². The molecule has 3 rings (SSSR count). The summed E-state index contributed by atoms with van der Waals surface area (Å²) in [5, 5.41) is 5.67. The fourth-order valence-electron chi connectivity index (χ4n) is 3.54. The normalized spacial score (nSPS) is 15.7. The van der Waals surface area contributed by atoms with E-state index in [2.05, 4.69) is 33.5 Å². The van der Waals surface area contributed by atoms with E-state index in [0.717, 1.165) is 30.0 Å². The Hall–Kier alpha value is -3.13. The number of hydrogen-bond acceptors (Lipinski definition) is 5. The molecule has 2 heterocycles. The Balaban J connectivity index is 1.55. The number of anilines is 2. The molecule has 0 aliphatic carbocycles. The third-order valence-electron chi connectivity index (χ3n) is 5.31. The van der Waals surface area contributed by atoms with E-state index in [-0.39, 0.29) is 18.2 Å². The van der Waals surface area contributed by atoms with Gasteiger partial charge < -0.3 is 20.3 Å². The van der Waals surface area contributed by atoms with Gasteiger partial charge in [0.25, 0.3) is 0 Å². The number of pyridine rings is 1. The number of nitrogens with zero attached hydrogens (tertiary/aromatic N) is 3. The summed E-state index contributed by atoms with van der Waals surface area (Å²) >= 11 is 0. The molecular formula is C24H33N5O3. The van der Waals surface area contributed by atoms with Crippen molar-refractivity contribution < 1.29 is 14.3 Å². The van der Waals surface area contributed by atoms with Crippen LogP contribution in [0.15, 0.2) is 42.6 Å². The Bertz CT molecular complexity index is 931. The number of aryl methyl sites for hydroxylation is 1. The molecule has 1 aliphatic heterocycles. The summed E-state index contributed by atoms with van der Waals surface area (Å²) in [5.74, 6) is 0. The van der Waals surface area contributed by atoms with Crippen LogP contribution in [0.2, 0.25) is 0 Å². The van der Waals surface area contributed by atoms with E-state index in [9.17, 15) is 9.59 Å². The van der Waals surface area contributed by atoms with Crippen LogP contribution in [-0.2, 0) is 4.74 Å². The number of ether oxygens (including phenoxy) is 1. The van der Waals surface area contributed by atoms with Crippen molar-refractivity contribution in [2.45, 2.75) is 46.3 Å². The highest BCUT2D eigenvalue weighted by molar-refractivity contribution is 5.99. The number of piperazine rings is 1. The number of carbonyl (C=O) groups excluding carboxylic acids is 2. The molecule has 1 unspecified atom stereocenters. The van der Waals surface area contributed by atoms with Crippen LogP contribution in [0.5, 0.6) is 0 Å². The van der Waals surface area contributed by atoms with Crippen LogP contribution in [-0.4, -0.2) is 58.7 Å². The molecule has 0 bridgehead atoms. The average molecular weight is 440 g/mol. The number of benzene rings is 1. The van der Waals surface area contributed by atoms with E-state index in [0.29, 0.717) is 18.8 Å². The first-order valence-electron chi connectivity index (χ1n) is 10.9. The SMILES string of the molecule is Cc1ccc(NC(=O)Nc2cccc(C(C)N3CCN(C(=O)OC(C)(C)C)CC3)c2)cn1. The predicted octanol–water partition coefficient (Wildman–Crippen LogP) is 4.65. The highest BCUT2D eigenvalue weighted by Crippen LogP contribution is 2.25. The maximum atomic E-state index is 12.3. The molecule has 3 amide bonds. The minimum absolute atomic E-state index is 0.155. The Labute approximate surface area is 190 Å². The van der Waals surface area contributed by atoms with Gasteiger partial charge in [-0.3, -0.25) is 9.88 Å². The first-order chi connectivity index (χ1) is 15.1. The van der Waals surface area contributed by atoms with Crippen LogP contribution >= 0.6 is 0 Å². The van der Waals surface area contributed by atoms with Gasteiger partial charge in [-0.15, -0.1) is 0 Å². The predicted molar refractivity (Wildman–Crippen MR) is 126 cm³/mol. The van der Waals surface area contributed by atoms with E-state index in [4.69, 9.17) is 4.74 Å².